The van der Waals surface area contributed by atoms with Crippen LogP contribution in [0, 0.1) is 0 Å². The number of amides is 1. The second-order valence-corrected chi connectivity index (χ2v) is 6.58. The highest BCUT2D eigenvalue weighted by Crippen LogP contribution is 2.20. The van der Waals surface area contributed by atoms with Crippen molar-refractivity contribution < 1.29 is 13.2 Å². The molecule has 6 heteroatoms. The summed E-state index contributed by atoms with van der Waals surface area (Å²) < 4.78 is 23.0. The Balaban J connectivity index is 2.39. The van der Waals surface area contributed by atoms with Gasteiger partial charge in [0.1, 0.15) is 0 Å². The number of carbonyl (C=O) groups excluding carboxylic acids is 1. The molecule has 0 unspecified atom stereocenters. The Morgan fingerprint density at radius 1 is 1.22 bits per heavy atom. The normalized spacial score (nSPS) is 15.9. The Bertz CT molecular complexity index is 575. The van der Waals surface area contributed by atoms with Crippen LogP contribution in [0.4, 0.5) is 5.69 Å². The van der Waals surface area contributed by atoms with Gasteiger partial charge in [0, 0.05) is 30.6 Å². The number of anilines is 1. The highest BCUT2D eigenvalue weighted by molar-refractivity contribution is 7.90. The predicted octanol–water partition coefficient (Wildman–Crippen LogP) is 0.908. The van der Waals surface area contributed by atoms with Crippen LogP contribution in [-0.4, -0.2) is 38.6 Å². The Morgan fingerprint density at radius 3 is 2.39 bits per heavy atom. The van der Waals surface area contributed by atoms with Gasteiger partial charge in [-0.15, -0.1) is 0 Å². The van der Waals surface area contributed by atoms with Gasteiger partial charge in [-0.3, -0.25) is 4.79 Å². The third kappa shape index (κ3) is 2.64. The van der Waals surface area contributed by atoms with E-state index in [2.05, 4.69) is 0 Å². The second-order valence-electron chi connectivity index (χ2n) is 4.56. The van der Waals surface area contributed by atoms with E-state index in [4.69, 9.17) is 5.73 Å². The highest BCUT2D eigenvalue weighted by atomic mass is 32.2. The predicted molar refractivity (Wildman–Crippen MR) is 69.1 cm³/mol. The smallest absolute Gasteiger partial charge is 0.253 e. The van der Waals surface area contributed by atoms with Crippen LogP contribution in [0.15, 0.2) is 23.1 Å². The lowest BCUT2D eigenvalue weighted by molar-refractivity contribution is 0.0792. The van der Waals surface area contributed by atoms with E-state index in [1.54, 1.807) is 4.90 Å². The first-order chi connectivity index (χ1) is 8.38. The van der Waals surface area contributed by atoms with Crippen molar-refractivity contribution in [3.05, 3.63) is 23.8 Å². The molecule has 0 saturated carbocycles. The maximum absolute atomic E-state index is 12.2. The Kier molecular flexibility index (Phi) is 3.30. The fourth-order valence-electron chi connectivity index (χ4n) is 2.06. The Hall–Kier alpha value is -1.56. The van der Waals surface area contributed by atoms with E-state index in [-0.39, 0.29) is 10.8 Å². The summed E-state index contributed by atoms with van der Waals surface area (Å²) in [6.07, 6.45) is 3.09. The number of likely N-dealkylation sites (tertiary alicyclic amines) is 1. The molecule has 1 saturated heterocycles. The van der Waals surface area contributed by atoms with E-state index in [9.17, 15) is 13.2 Å². The zero-order chi connectivity index (χ0) is 13.3. The van der Waals surface area contributed by atoms with Crippen molar-refractivity contribution in [2.75, 3.05) is 25.1 Å². The van der Waals surface area contributed by atoms with E-state index in [1.807, 2.05) is 0 Å². The molecular formula is C12H16N2O3S. The fourth-order valence-corrected chi connectivity index (χ4v) is 2.75. The molecule has 0 atom stereocenters. The summed E-state index contributed by atoms with van der Waals surface area (Å²) in [5, 5.41) is 0. The number of nitrogens with zero attached hydrogens (tertiary/aromatic N) is 1. The van der Waals surface area contributed by atoms with Gasteiger partial charge in [-0.2, -0.15) is 0 Å². The van der Waals surface area contributed by atoms with Gasteiger partial charge in [0.05, 0.1) is 4.90 Å². The third-order valence-electron chi connectivity index (χ3n) is 3.00. The van der Waals surface area contributed by atoms with Crippen molar-refractivity contribution in [3.63, 3.8) is 0 Å². The molecule has 1 aromatic rings. The van der Waals surface area contributed by atoms with Gasteiger partial charge >= 0.3 is 0 Å². The van der Waals surface area contributed by atoms with Crippen molar-refractivity contribution in [3.8, 4) is 0 Å². The summed E-state index contributed by atoms with van der Waals surface area (Å²) in [5.74, 6) is -0.148. The minimum atomic E-state index is -3.36. The summed E-state index contributed by atoms with van der Waals surface area (Å²) in [5.41, 5.74) is 6.29. The largest absolute Gasteiger partial charge is 0.399 e. The molecule has 1 aliphatic rings. The van der Waals surface area contributed by atoms with Gasteiger partial charge in [-0.05, 0) is 31.0 Å². The van der Waals surface area contributed by atoms with E-state index in [0.717, 1.165) is 32.2 Å². The molecule has 98 valence electrons. The van der Waals surface area contributed by atoms with Crippen LogP contribution in [0.1, 0.15) is 23.2 Å². The number of hydrogen-bond donors (Lipinski definition) is 1. The quantitative estimate of drug-likeness (QED) is 0.808. The maximum Gasteiger partial charge on any atom is 0.253 e. The van der Waals surface area contributed by atoms with Gasteiger partial charge in [-0.25, -0.2) is 8.42 Å². The molecule has 18 heavy (non-hydrogen) atoms. The third-order valence-corrected chi connectivity index (χ3v) is 4.09. The molecule has 1 heterocycles. The number of nitrogen functional groups attached to an aromatic ring is 1. The second kappa shape index (κ2) is 4.61. The first-order valence-corrected chi connectivity index (χ1v) is 7.67. The monoisotopic (exact) mass is 268 g/mol. The average molecular weight is 268 g/mol. The number of sulfone groups is 1. The van der Waals surface area contributed by atoms with Crippen molar-refractivity contribution >= 4 is 21.4 Å². The molecule has 2 rings (SSSR count). The maximum atomic E-state index is 12.2. The number of nitrogens with two attached hydrogens (primary N) is 1. The van der Waals surface area contributed by atoms with Gasteiger partial charge in [0.2, 0.25) is 0 Å². The molecule has 2 N–H and O–H groups in total. The van der Waals surface area contributed by atoms with Gasteiger partial charge in [-0.1, -0.05) is 0 Å². The molecule has 0 radical (unpaired) electrons. The molecule has 0 aliphatic carbocycles. The summed E-state index contributed by atoms with van der Waals surface area (Å²) in [4.78, 5) is 14.0. The Morgan fingerprint density at radius 2 is 1.83 bits per heavy atom. The van der Waals surface area contributed by atoms with Gasteiger partial charge in [0.25, 0.3) is 5.91 Å². The Labute approximate surface area is 107 Å². The molecule has 0 bridgehead atoms. The van der Waals surface area contributed by atoms with E-state index >= 15 is 0 Å². The summed E-state index contributed by atoms with van der Waals surface area (Å²) in [6, 6.07) is 4.29. The van der Waals surface area contributed by atoms with Crippen LogP contribution in [-0.2, 0) is 9.84 Å². The number of carbonyl (C=O) groups is 1. The summed E-state index contributed by atoms with van der Waals surface area (Å²) >= 11 is 0. The highest BCUT2D eigenvalue weighted by Gasteiger charge is 2.21. The van der Waals surface area contributed by atoms with E-state index < -0.39 is 9.84 Å². The fraction of sp³-hybridized carbons (Fsp3) is 0.417. The lowest BCUT2D eigenvalue weighted by Crippen LogP contribution is -2.27. The number of hydrogen-bond acceptors (Lipinski definition) is 4. The van der Waals surface area contributed by atoms with Crippen LogP contribution in [0.3, 0.4) is 0 Å². The van der Waals surface area contributed by atoms with Crippen molar-refractivity contribution in [2.24, 2.45) is 0 Å². The van der Waals surface area contributed by atoms with E-state index in [0.29, 0.717) is 11.3 Å². The minimum absolute atomic E-state index is 0.0880. The lowest BCUT2D eigenvalue weighted by Gasteiger charge is -2.16. The van der Waals surface area contributed by atoms with Crippen LogP contribution in [0.5, 0.6) is 0 Å². The van der Waals surface area contributed by atoms with Crippen LogP contribution in [0.2, 0.25) is 0 Å². The standard InChI is InChI=1S/C12H16N2O3S/c1-18(16,17)11-7-9(6-10(13)8-11)12(15)14-4-2-3-5-14/h6-8H,2-5,13H2,1H3. The number of rotatable bonds is 2. The summed E-state index contributed by atoms with van der Waals surface area (Å²) in [6.45, 7) is 1.45. The van der Waals surface area contributed by atoms with Gasteiger partial charge in [0.15, 0.2) is 9.84 Å². The van der Waals surface area contributed by atoms with Crippen molar-refractivity contribution in [1.29, 1.82) is 0 Å². The van der Waals surface area contributed by atoms with Gasteiger partial charge < -0.3 is 10.6 Å². The molecule has 0 aromatic heterocycles. The topological polar surface area (TPSA) is 80.5 Å². The molecule has 1 aromatic carbocycles. The zero-order valence-corrected chi connectivity index (χ0v) is 11.0. The molecule has 5 nitrogen and oxygen atoms in total. The van der Waals surface area contributed by atoms with Crippen LogP contribution >= 0.6 is 0 Å². The SMILES string of the molecule is CS(=O)(=O)c1cc(N)cc(C(=O)N2CCCC2)c1. The molecular weight excluding hydrogens is 252 g/mol. The van der Waals surface area contributed by atoms with Crippen molar-refractivity contribution in [2.45, 2.75) is 17.7 Å². The molecule has 1 amide bonds. The molecule has 1 fully saturated rings. The van der Waals surface area contributed by atoms with Crippen LogP contribution in [0.25, 0.3) is 0 Å². The van der Waals surface area contributed by atoms with Crippen LogP contribution < -0.4 is 5.73 Å². The lowest BCUT2D eigenvalue weighted by atomic mass is 10.2. The first-order valence-electron chi connectivity index (χ1n) is 5.78. The van der Waals surface area contributed by atoms with Crippen molar-refractivity contribution in [1.82, 2.24) is 4.90 Å². The number of benzene rings is 1. The minimum Gasteiger partial charge on any atom is -0.399 e. The average Bonchev–Trinajstić information content (AvgIpc) is 2.79. The summed E-state index contributed by atoms with van der Waals surface area (Å²) in [7, 11) is -3.36. The molecule has 0 spiro atoms. The molecule has 1 aliphatic heterocycles. The zero-order valence-electron chi connectivity index (χ0n) is 10.2. The van der Waals surface area contributed by atoms with E-state index in [1.165, 1.54) is 18.2 Å². The first kappa shape index (κ1) is 12.9.